The van der Waals surface area contributed by atoms with Crippen LogP contribution in [0.3, 0.4) is 0 Å². The third kappa shape index (κ3) is 3.90. The number of aromatic nitrogens is 2. The summed E-state index contributed by atoms with van der Waals surface area (Å²) < 4.78 is 12.0. The number of hydrogen-bond donors (Lipinski definition) is 0. The fraction of sp³-hybridized carbons (Fsp3) is 0.435. The average molecular weight is 439 g/mol. The van der Waals surface area contributed by atoms with Gasteiger partial charge in [-0.15, -0.1) is 0 Å². The van der Waals surface area contributed by atoms with Crippen molar-refractivity contribution in [2.75, 3.05) is 13.2 Å². The molecule has 2 amide bonds. The number of ether oxygens (including phenoxy) is 1. The van der Waals surface area contributed by atoms with Gasteiger partial charge in [-0.1, -0.05) is 17.3 Å². The van der Waals surface area contributed by atoms with E-state index in [0.29, 0.717) is 35.7 Å². The number of amides is 2. The second-order valence-corrected chi connectivity index (χ2v) is 8.23. The summed E-state index contributed by atoms with van der Waals surface area (Å²) in [5, 5.41) is 3.98. The second-order valence-electron chi connectivity index (χ2n) is 8.23. The Morgan fingerprint density at radius 2 is 1.75 bits per heavy atom. The Hall–Kier alpha value is -3.49. The first kappa shape index (κ1) is 21.7. The predicted molar refractivity (Wildman–Crippen MR) is 112 cm³/mol. The quantitative estimate of drug-likeness (QED) is 0.282. The Bertz CT molecular complexity index is 1100. The van der Waals surface area contributed by atoms with E-state index in [1.165, 1.54) is 0 Å². The molecule has 0 saturated carbocycles. The van der Waals surface area contributed by atoms with E-state index < -0.39 is 12.6 Å². The molecule has 3 heterocycles. The number of carbonyl (C=O) groups is 4. The van der Waals surface area contributed by atoms with Crippen molar-refractivity contribution in [2.24, 2.45) is 11.8 Å². The third-order valence-corrected chi connectivity index (χ3v) is 6.08. The van der Waals surface area contributed by atoms with E-state index in [1.54, 1.807) is 30.5 Å². The molecule has 2 unspecified atom stereocenters. The van der Waals surface area contributed by atoms with Crippen molar-refractivity contribution in [2.45, 2.75) is 40.0 Å². The summed E-state index contributed by atoms with van der Waals surface area (Å²) >= 11 is 0. The number of nitrogens with zero attached hydrogens (tertiary/aromatic N) is 3. The first-order valence-electron chi connectivity index (χ1n) is 10.6. The van der Waals surface area contributed by atoms with Crippen LogP contribution in [0.2, 0.25) is 0 Å². The van der Waals surface area contributed by atoms with E-state index in [-0.39, 0.29) is 42.4 Å². The van der Waals surface area contributed by atoms with Gasteiger partial charge in [0.05, 0.1) is 18.3 Å². The fourth-order valence-corrected chi connectivity index (χ4v) is 4.44. The molecule has 1 aliphatic carbocycles. The number of rotatable bonds is 7. The van der Waals surface area contributed by atoms with Crippen LogP contribution in [0.25, 0.3) is 5.82 Å². The number of aryl methyl sites for hydroxylation is 2. The Balaban J connectivity index is 1.32. The van der Waals surface area contributed by atoms with Crippen LogP contribution in [0.5, 0.6) is 0 Å². The van der Waals surface area contributed by atoms with Gasteiger partial charge in [0.25, 0.3) is 0 Å². The van der Waals surface area contributed by atoms with Crippen LogP contribution in [0.15, 0.2) is 28.8 Å². The number of fused-ring (bicyclic) bond motifs is 1. The highest BCUT2D eigenvalue weighted by atomic mass is 16.5. The van der Waals surface area contributed by atoms with E-state index in [4.69, 9.17) is 9.26 Å². The Kier molecular flexibility index (Phi) is 5.82. The SMILES string of the molecule is Cc1cc(-n2c(C)cc(C(=O)COC(=O)CCN3C(=O)C4CC=CCC4C3=O)c2C)no1. The van der Waals surface area contributed by atoms with Crippen LogP contribution in [0.1, 0.15) is 46.8 Å². The number of Topliss-reactive ketones (excluding diaryl/α,β-unsaturated/α-hetero) is 1. The number of hydrogen-bond acceptors (Lipinski definition) is 7. The minimum Gasteiger partial charge on any atom is -0.457 e. The molecule has 0 spiro atoms. The Labute approximate surface area is 185 Å². The second kappa shape index (κ2) is 8.57. The highest BCUT2D eigenvalue weighted by Gasteiger charge is 2.46. The van der Waals surface area contributed by atoms with Crippen LogP contribution < -0.4 is 0 Å². The lowest BCUT2D eigenvalue weighted by molar-refractivity contribution is -0.145. The van der Waals surface area contributed by atoms with Crippen molar-refractivity contribution in [1.82, 2.24) is 14.6 Å². The van der Waals surface area contributed by atoms with Crippen LogP contribution in [-0.2, 0) is 19.1 Å². The summed E-state index contributed by atoms with van der Waals surface area (Å²) in [4.78, 5) is 50.9. The normalized spacial score (nSPS) is 20.0. The molecule has 4 rings (SSSR count). The van der Waals surface area contributed by atoms with Crippen molar-refractivity contribution in [3.05, 3.63) is 47.0 Å². The smallest absolute Gasteiger partial charge is 0.308 e. The van der Waals surface area contributed by atoms with Gasteiger partial charge in [-0.3, -0.25) is 28.6 Å². The number of imide groups is 1. The Morgan fingerprint density at radius 1 is 1.09 bits per heavy atom. The maximum Gasteiger partial charge on any atom is 0.308 e. The lowest BCUT2D eigenvalue weighted by Crippen LogP contribution is -2.33. The summed E-state index contributed by atoms with van der Waals surface area (Å²) in [7, 11) is 0. The highest BCUT2D eigenvalue weighted by Crippen LogP contribution is 2.35. The molecular weight excluding hydrogens is 414 g/mol. The van der Waals surface area contributed by atoms with E-state index in [9.17, 15) is 19.2 Å². The number of ketones is 1. The van der Waals surface area contributed by atoms with Gasteiger partial charge in [0.15, 0.2) is 12.4 Å². The largest absolute Gasteiger partial charge is 0.457 e. The van der Waals surface area contributed by atoms with E-state index >= 15 is 0 Å². The number of likely N-dealkylation sites (tertiary alicyclic amines) is 1. The molecule has 2 aromatic heterocycles. The van der Waals surface area contributed by atoms with Crippen molar-refractivity contribution in [3.63, 3.8) is 0 Å². The summed E-state index contributed by atoms with van der Waals surface area (Å²) in [5.41, 5.74) is 1.89. The van der Waals surface area contributed by atoms with Gasteiger partial charge in [0.1, 0.15) is 5.76 Å². The molecule has 32 heavy (non-hydrogen) atoms. The Morgan fingerprint density at radius 3 is 2.34 bits per heavy atom. The fourth-order valence-electron chi connectivity index (χ4n) is 4.44. The standard InChI is InChI=1S/C23H25N3O6/c1-13-10-18(15(3)26(13)20-11-14(2)32-24-20)19(27)12-31-21(28)8-9-25-22(29)16-6-4-5-7-17(16)23(25)30/h4-5,10-11,16-17H,6-9,12H2,1-3H3. The van der Waals surface area contributed by atoms with E-state index in [1.807, 2.05) is 19.1 Å². The van der Waals surface area contributed by atoms with Gasteiger partial charge in [-0.25, -0.2) is 0 Å². The van der Waals surface area contributed by atoms with Gasteiger partial charge < -0.3 is 9.26 Å². The third-order valence-electron chi connectivity index (χ3n) is 6.08. The monoisotopic (exact) mass is 439 g/mol. The lowest BCUT2D eigenvalue weighted by Gasteiger charge is -2.14. The zero-order valence-electron chi connectivity index (χ0n) is 18.3. The average Bonchev–Trinajstić information content (AvgIpc) is 3.40. The number of allylic oxidation sites excluding steroid dienone is 2. The molecule has 1 fully saturated rings. The molecule has 9 heteroatoms. The number of carbonyl (C=O) groups excluding carboxylic acids is 4. The first-order chi connectivity index (χ1) is 15.3. The number of esters is 1. The van der Waals surface area contributed by atoms with Gasteiger partial charge in [0, 0.05) is 29.6 Å². The first-order valence-corrected chi connectivity index (χ1v) is 10.6. The molecular formula is C23H25N3O6. The molecule has 168 valence electrons. The zero-order chi connectivity index (χ0) is 23.0. The summed E-state index contributed by atoms with van der Waals surface area (Å²) in [6, 6.07) is 3.48. The summed E-state index contributed by atoms with van der Waals surface area (Å²) in [6.07, 6.45) is 4.79. The van der Waals surface area contributed by atoms with Crippen molar-refractivity contribution in [1.29, 1.82) is 0 Å². The molecule has 0 radical (unpaired) electrons. The topological polar surface area (TPSA) is 112 Å². The van der Waals surface area contributed by atoms with E-state index in [2.05, 4.69) is 5.16 Å². The lowest BCUT2D eigenvalue weighted by atomic mass is 9.85. The molecule has 0 aromatic carbocycles. The van der Waals surface area contributed by atoms with Crippen LogP contribution >= 0.6 is 0 Å². The minimum absolute atomic E-state index is 0.0300. The molecule has 1 saturated heterocycles. The van der Waals surface area contributed by atoms with Crippen LogP contribution in [-0.4, -0.2) is 51.3 Å². The molecule has 0 N–H and O–H groups in total. The van der Waals surface area contributed by atoms with Crippen molar-refractivity contribution in [3.8, 4) is 5.82 Å². The minimum atomic E-state index is -0.632. The summed E-state index contributed by atoms with van der Waals surface area (Å²) in [6.45, 7) is 4.96. The van der Waals surface area contributed by atoms with Crippen LogP contribution in [0.4, 0.5) is 0 Å². The predicted octanol–water partition coefficient (Wildman–Crippen LogP) is 2.46. The molecule has 1 aliphatic heterocycles. The molecule has 2 atom stereocenters. The molecule has 2 aromatic rings. The van der Waals surface area contributed by atoms with E-state index in [0.717, 1.165) is 10.6 Å². The van der Waals surface area contributed by atoms with Crippen molar-refractivity contribution >= 4 is 23.6 Å². The highest BCUT2D eigenvalue weighted by molar-refractivity contribution is 6.05. The molecule has 9 nitrogen and oxygen atoms in total. The van der Waals surface area contributed by atoms with Gasteiger partial charge in [0.2, 0.25) is 17.6 Å². The van der Waals surface area contributed by atoms with Gasteiger partial charge >= 0.3 is 5.97 Å². The maximum atomic E-state index is 12.6. The van der Waals surface area contributed by atoms with Crippen LogP contribution in [0, 0.1) is 32.6 Å². The molecule has 2 aliphatic rings. The van der Waals surface area contributed by atoms with Crippen molar-refractivity contribution < 1.29 is 28.4 Å². The van der Waals surface area contributed by atoms with Gasteiger partial charge in [-0.2, -0.15) is 0 Å². The zero-order valence-corrected chi connectivity index (χ0v) is 18.3. The van der Waals surface area contributed by atoms with Gasteiger partial charge in [-0.05, 0) is 39.7 Å². The summed E-state index contributed by atoms with van der Waals surface area (Å²) in [5.74, 6) is -0.865. The molecule has 0 bridgehead atoms. The maximum absolute atomic E-state index is 12.6.